The molecule has 0 aliphatic rings. The van der Waals surface area contributed by atoms with Gasteiger partial charge in [-0.25, -0.2) is 9.18 Å². The van der Waals surface area contributed by atoms with Crippen LogP contribution in [-0.2, 0) is 9.53 Å². The van der Waals surface area contributed by atoms with Gasteiger partial charge in [0.25, 0.3) is 5.91 Å². The minimum Gasteiger partial charge on any atom is -0.452 e. The van der Waals surface area contributed by atoms with Crippen molar-refractivity contribution in [1.29, 1.82) is 0 Å². The molecule has 0 heterocycles. The molecule has 5 heteroatoms. The first-order chi connectivity index (χ1) is 11.5. The minimum absolute atomic E-state index is 0.0866. The molecule has 0 saturated carbocycles. The summed E-state index contributed by atoms with van der Waals surface area (Å²) in [6, 6.07) is 13.9. The second kappa shape index (κ2) is 8.24. The number of carbonyl (C=O) groups excluding carboxylic acids is 2. The lowest BCUT2D eigenvalue weighted by Crippen LogP contribution is -2.31. The second-order valence-electron chi connectivity index (χ2n) is 5.66. The highest BCUT2D eigenvalue weighted by atomic mass is 19.1. The van der Waals surface area contributed by atoms with Gasteiger partial charge in [0.2, 0.25) is 0 Å². The van der Waals surface area contributed by atoms with Gasteiger partial charge in [-0.05, 0) is 36.1 Å². The van der Waals surface area contributed by atoms with Crippen LogP contribution in [0, 0.1) is 12.7 Å². The molecule has 0 fully saturated rings. The summed E-state index contributed by atoms with van der Waals surface area (Å²) in [6.07, 6.45) is 0. The molecule has 1 amide bonds. The molecule has 2 rings (SSSR count). The SMILES string of the molecule is Cc1ccc(C(=O)OCC(=O)NC[C@@H](C)c2ccccc2)cc1F. The number of ether oxygens (including phenoxy) is 1. The van der Waals surface area contributed by atoms with Crippen LogP contribution >= 0.6 is 0 Å². The van der Waals surface area contributed by atoms with E-state index in [1.54, 1.807) is 6.92 Å². The molecule has 0 saturated heterocycles. The first kappa shape index (κ1) is 17.7. The summed E-state index contributed by atoms with van der Waals surface area (Å²) in [4.78, 5) is 23.6. The first-order valence-corrected chi connectivity index (χ1v) is 7.72. The van der Waals surface area contributed by atoms with Crippen LogP contribution in [0.15, 0.2) is 48.5 Å². The van der Waals surface area contributed by atoms with Crippen LogP contribution in [-0.4, -0.2) is 25.0 Å². The number of amides is 1. The Morgan fingerprint density at radius 2 is 1.88 bits per heavy atom. The van der Waals surface area contributed by atoms with Gasteiger partial charge < -0.3 is 10.1 Å². The molecule has 0 radical (unpaired) electrons. The van der Waals surface area contributed by atoms with Crippen LogP contribution in [0.2, 0.25) is 0 Å². The number of nitrogens with one attached hydrogen (secondary N) is 1. The van der Waals surface area contributed by atoms with E-state index >= 15 is 0 Å². The summed E-state index contributed by atoms with van der Waals surface area (Å²) in [7, 11) is 0. The van der Waals surface area contributed by atoms with E-state index in [9.17, 15) is 14.0 Å². The van der Waals surface area contributed by atoms with Gasteiger partial charge in [-0.2, -0.15) is 0 Å². The van der Waals surface area contributed by atoms with Gasteiger partial charge in [-0.3, -0.25) is 4.79 Å². The minimum atomic E-state index is -0.722. The Morgan fingerprint density at radius 1 is 1.17 bits per heavy atom. The summed E-state index contributed by atoms with van der Waals surface area (Å²) < 4.78 is 18.3. The lowest BCUT2D eigenvalue weighted by atomic mass is 10.0. The van der Waals surface area contributed by atoms with E-state index in [4.69, 9.17) is 4.74 Å². The quantitative estimate of drug-likeness (QED) is 0.828. The molecule has 4 nitrogen and oxygen atoms in total. The van der Waals surface area contributed by atoms with Crippen molar-refractivity contribution in [1.82, 2.24) is 5.32 Å². The zero-order chi connectivity index (χ0) is 17.5. The Labute approximate surface area is 140 Å². The highest BCUT2D eigenvalue weighted by Crippen LogP contribution is 2.13. The Kier molecular flexibility index (Phi) is 6.07. The van der Waals surface area contributed by atoms with Gasteiger partial charge >= 0.3 is 5.97 Å². The molecule has 2 aromatic rings. The molecule has 1 N–H and O–H groups in total. The molecule has 24 heavy (non-hydrogen) atoms. The molecule has 0 spiro atoms. The van der Waals surface area contributed by atoms with Crippen LogP contribution in [0.5, 0.6) is 0 Å². The number of rotatable bonds is 6. The van der Waals surface area contributed by atoms with Gasteiger partial charge in [-0.15, -0.1) is 0 Å². The van der Waals surface area contributed by atoms with E-state index in [0.29, 0.717) is 12.1 Å². The topological polar surface area (TPSA) is 55.4 Å². The number of halogens is 1. The van der Waals surface area contributed by atoms with Gasteiger partial charge in [0.15, 0.2) is 6.61 Å². The predicted octanol–water partition coefficient (Wildman–Crippen LogP) is 3.21. The third kappa shape index (κ3) is 4.91. The predicted molar refractivity (Wildman–Crippen MR) is 89.3 cm³/mol. The van der Waals surface area contributed by atoms with Crippen molar-refractivity contribution in [2.75, 3.05) is 13.2 Å². The van der Waals surface area contributed by atoms with Crippen LogP contribution in [0.25, 0.3) is 0 Å². The van der Waals surface area contributed by atoms with Crippen molar-refractivity contribution in [3.8, 4) is 0 Å². The van der Waals surface area contributed by atoms with Crippen molar-refractivity contribution >= 4 is 11.9 Å². The molecule has 0 aliphatic heterocycles. The van der Waals surface area contributed by atoms with Crippen LogP contribution in [0.1, 0.15) is 34.3 Å². The summed E-state index contributed by atoms with van der Waals surface area (Å²) in [5, 5.41) is 2.72. The van der Waals surface area contributed by atoms with E-state index in [1.165, 1.54) is 12.1 Å². The van der Waals surface area contributed by atoms with Crippen LogP contribution in [0.3, 0.4) is 0 Å². The maximum absolute atomic E-state index is 13.4. The molecule has 0 aliphatic carbocycles. The highest BCUT2D eigenvalue weighted by Gasteiger charge is 2.13. The average molecular weight is 329 g/mol. The molecular weight excluding hydrogens is 309 g/mol. The molecule has 126 valence electrons. The summed E-state index contributed by atoms with van der Waals surface area (Å²) in [5.41, 5.74) is 1.65. The van der Waals surface area contributed by atoms with Crippen LogP contribution < -0.4 is 5.32 Å². The van der Waals surface area contributed by atoms with Crippen molar-refractivity contribution in [2.24, 2.45) is 0 Å². The van der Waals surface area contributed by atoms with Crippen LogP contribution in [0.4, 0.5) is 4.39 Å². The monoisotopic (exact) mass is 329 g/mol. The lowest BCUT2D eigenvalue weighted by molar-refractivity contribution is -0.124. The Morgan fingerprint density at radius 3 is 2.54 bits per heavy atom. The van der Waals surface area contributed by atoms with Gasteiger partial charge in [0.1, 0.15) is 5.82 Å². The van der Waals surface area contributed by atoms with Gasteiger partial charge in [0, 0.05) is 6.54 Å². The van der Waals surface area contributed by atoms with Crippen molar-refractivity contribution in [2.45, 2.75) is 19.8 Å². The Hall–Kier alpha value is -2.69. The molecule has 0 bridgehead atoms. The zero-order valence-electron chi connectivity index (χ0n) is 13.7. The Balaban J connectivity index is 1.78. The summed E-state index contributed by atoms with van der Waals surface area (Å²) >= 11 is 0. The number of aryl methyl sites for hydroxylation is 1. The second-order valence-corrected chi connectivity index (χ2v) is 5.66. The number of benzene rings is 2. The first-order valence-electron chi connectivity index (χ1n) is 7.72. The van der Waals surface area contributed by atoms with E-state index in [2.05, 4.69) is 5.32 Å². The molecule has 1 atom stereocenters. The lowest BCUT2D eigenvalue weighted by Gasteiger charge is -2.13. The smallest absolute Gasteiger partial charge is 0.338 e. The molecular formula is C19H20FNO3. The maximum Gasteiger partial charge on any atom is 0.338 e. The largest absolute Gasteiger partial charge is 0.452 e. The van der Waals surface area contributed by atoms with E-state index < -0.39 is 24.3 Å². The molecule has 0 unspecified atom stereocenters. The van der Waals surface area contributed by atoms with Crippen molar-refractivity contribution in [3.63, 3.8) is 0 Å². The van der Waals surface area contributed by atoms with Gasteiger partial charge in [-0.1, -0.05) is 43.3 Å². The fourth-order valence-corrected chi connectivity index (χ4v) is 2.15. The fraction of sp³-hybridized carbons (Fsp3) is 0.263. The van der Waals surface area contributed by atoms with E-state index in [0.717, 1.165) is 11.6 Å². The summed E-state index contributed by atoms with van der Waals surface area (Å²) in [5.74, 6) is -1.44. The number of hydrogen-bond donors (Lipinski definition) is 1. The third-order valence-corrected chi connectivity index (χ3v) is 3.72. The normalized spacial score (nSPS) is 11.6. The highest BCUT2D eigenvalue weighted by molar-refractivity contribution is 5.91. The fourth-order valence-electron chi connectivity index (χ4n) is 2.15. The molecule has 2 aromatic carbocycles. The zero-order valence-corrected chi connectivity index (χ0v) is 13.7. The third-order valence-electron chi connectivity index (χ3n) is 3.72. The van der Waals surface area contributed by atoms with Crippen molar-refractivity contribution in [3.05, 3.63) is 71.0 Å². The maximum atomic E-state index is 13.4. The standard InChI is InChI=1S/C19H20FNO3/c1-13-8-9-16(10-17(13)20)19(23)24-12-18(22)21-11-14(2)15-6-4-3-5-7-15/h3-10,14H,11-12H2,1-2H3,(H,21,22)/t14-/m1/s1. The summed E-state index contributed by atoms with van der Waals surface area (Å²) in [6.45, 7) is 3.65. The Bertz CT molecular complexity index is 716. The number of carbonyl (C=O) groups is 2. The van der Waals surface area contributed by atoms with Gasteiger partial charge in [0.05, 0.1) is 5.56 Å². The number of esters is 1. The number of hydrogen-bond acceptors (Lipinski definition) is 3. The average Bonchev–Trinajstić information content (AvgIpc) is 2.60. The van der Waals surface area contributed by atoms with E-state index in [-0.39, 0.29) is 11.5 Å². The van der Waals surface area contributed by atoms with E-state index in [1.807, 2.05) is 37.3 Å². The van der Waals surface area contributed by atoms with Crippen molar-refractivity contribution < 1.29 is 18.7 Å². The molecule has 0 aromatic heterocycles.